The number of nitrogens with zero attached hydrogens (tertiary/aromatic N) is 4. The molecule has 1 fully saturated rings. The highest BCUT2D eigenvalue weighted by molar-refractivity contribution is 6.02. The maximum absolute atomic E-state index is 12.3. The first-order valence-electron chi connectivity index (χ1n) is 7.68. The molecule has 3 aromatic heterocycles. The van der Waals surface area contributed by atoms with E-state index in [4.69, 9.17) is 8.94 Å². The Morgan fingerprint density at radius 1 is 1.17 bits per heavy atom. The number of carbonyl (C=O) groups is 1. The largest absolute Gasteiger partial charge is 0.461 e. The van der Waals surface area contributed by atoms with Crippen LogP contribution in [0.15, 0.2) is 45.8 Å². The van der Waals surface area contributed by atoms with Crippen LogP contribution in [0.5, 0.6) is 0 Å². The monoisotopic (exact) mass is 325 g/mol. The van der Waals surface area contributed by atoms with E-state index in [1.54, 1.807) is 18.2 Å². The van der Waals surface area contributed by atoms with E-state index < -0.39 is 5.91 Å². The highest BCUT2D eigenvalue weighted by Gasteiger charge is 2.17. The van der Waals surface area contributed by atoms with Gasteiger partial charge in [-0.3, -0.25) is 4.79 Å². The van der Waals surface area contributed by atoms with E-state index in [0.29, 0.717) is 17.3 Å². The molecule has 8 nitrogen and oxygen atoms in total. The first-order valence-corrected chi connectivity index (χ1v) is 7.68. The van der Waals surface area contributed by atoms with Gasteiger partial charge in [0.2, 0.25) is 5.76 Å². The fourth-order valence-electron chi connectivity index (χ4n) is 2.63. The standard InChI is InChI=1S/C16H15N5O3/c22-16(11-8-13(24-20-11)12-4-3-7-23-12)19-14-9-15(18-10-17-14)21-5-1-2-6-21/h3-4,7-10H,1-2,5-6H2,(H,17,18,19,22). The van der Waals surface area contributed by atoms with Gasteiger partial charge in [0, 0.05) is 25.2 Å². The molecule has 4 rings (SSSR count). The SMILES string of the molecule is O=C(Nc1cc(N2CCCC2)ncn1)c1cc(-c2ccco2)on1. The number of anilines is 2. The fourth-order valence-corrected chi connectivity index (χ4v) is 2.63. The second kappa shape index (κ2) is 6.15. The van der Waals surface area contributed by atoms with Crippen LogP contribution in [0.2, 0.25) is 0 Å². The number of furan rings is 1. The van der Waals surface area contributed by atoms with Crippen molar-refractivity contribution in [2.24, 2.45) is 0 Å². The zero-order valence-electron chi connectivity index (χ0n) is 12.8. The minimum Gasteiger partial charge on any atom is -0.461 e. The van der Waals surface area contributed by atoms with Crippen LogP contribution in [0.1, 0.15) is 23.3 Å². The average molecular weight is 325 g/mol. The molecule has 1 amide bonds. The lowest BCUT2D eigenvalue weighted by Crippen LogP contribution is -2.20. The molecule has 3 aromatic rings. The van der Waals surface area contributed by atoms with Crippen LogP contribution in [-0.2, 0) is 0 Å². The summed E-state index contributed by atoms with van der Waals surface area (Å²) < 4.78 is 10.3. The predicted octanol–water partition coefficient (Wildman–Crippen LogP) is 2.58. The summed E-state index contributed by atoms with van der Waals surface area (Å²) in [5, 5.41) is 6.48. The van der Waals surface area contributed by atoms with Crippen LogP contribution in [0.25, 0.3) is 11.5 Å². The molecule has 0 aromatic carbocycles. The predicted molar refractivity (Wildman–Crippen MR) is 85.6 cm³/mol. The van der Waals surface area contributed by atoms with E-state index in [0.717, 1.165) is 31.7 Å². The lowest BCUT2D eigenvalue weighted by Gasteiger charge is -2.16. The van der Waals surface area contributed by atoms with E-state index in [2.05, 4.69) is 25.3 Å². The van der Waals surface area contributed by atoms with Crippen molar-refractivity contribution in [3.05, 3.63) is 42.5 Å². The summed E-state index contributed by atoms with van der Waals surface area (Å²) >= 11 is 0. The smallest absolute Gasteiger partial charge is 0.279 e. The second-order valence-corrected chi connectivity index (χ2v) is 5.46. The molecule has 0 unspecified atom stereocenters. The van der Waals surface area contributed by atoms with Crippen molar-refractivity contribution in [3.63, 3.8) is 0 Å². The van der Waals surface area contributed by atoms with Gasteiger partial charge in [-0.25, -0.2) is 9.97 Å². The van der Waals surface area contributed by atoms with Crippen molar-refractivity contribution >= 4 is 17.5 Å². The highest BCUT2D eigenvalue weighted by atomic mass is 16.5. The average Bonchev–Trinajstić information content (AvgIpc) is 3.36. The molecule has 1 saturated heterocycles. The first kappa shape index (κ1) is 14.4. The number of hydrogen-bond donors (Lipinski definition) is 1. The van der Waals surface area contributed by atoms with Crippen molar-refractivity contribution in [2.45, 2.75) is 12.8 Å². The molecule has 0 spiro atoms. The maximum atomic E-state index is 12.3. The highest BCUT2D eigenvalue weighted by Crippen LogP contribution is 2.22. The molecule has 0 aliphatic carbocycles. The quantitative estimate of drug-likeness (QED) is 0.787. The zero-order valence-corrected chi connectivity index (χ0v) is 12.8. The van der Waals surface area contributed by atoms with E-state index >= 15 is 0 Å². The molecule has 1 N–H and O–H groups in total. The third-order valence-electron chi connectivity index (χ3n) is 3.83. The molecule has 8 heteroatoms. The van der Waals surface area contributed by atoms with E-state index in [1.807, 2.05) is 0 Å². The first-order chi connectivity index (χ1) is 11.8. The molecule has 0 radical (unpaired) electrons. The van der Waals surface area contributed by atoms with Gasteiger partial charge in [-0.2, -0.15) is 0 Å². The van der Waals surface area contributed by atoms with Crippen molar-refractivity contribution in [1.82, 2.24) is 15.1 Å². The van der Waals surface area contributed by atoms with Gasteiger partial charge in [0.15, 0.2) is 11.5 Å². The third-order valence-corrected chi connectivity index (χ3v) is 3.83. The molecular formula is C16H15N5O3. The van der Waals surface area contributed by atoms with Crippen molar-refractivity contribution in [3.8, 4) is 11.5 Å². The van der Waals surface area contributed by atoms with Gasteiger partial charge in [0.1, 0.15) is 18.0 Å². The van der Waals surface area contributed by atoms with E-state index in [9.17, 15) is 4.79 Å². The van der Waals surface area contributed by atoms with Crippen molar-refractivity contribution in [1.29, 1.82) is 0 Å². The summed E-state index contributed by atoms with van der Waals surface area (Å²) in [5.74, 6) is 1.75. The Kier molecular flexibility index (Phi) is 3.70. The molecule has 0 atom stereocenters. The van der Waals surface area contributed by atoms with Gasteiger partial charge >= 0.3 is 0 Å². The summed E-state index contributed by atoms with van der Waals surface area (Å²) in [6, 6.07) is 6.75. The Bertz CT molecular complexity index is 837. The van der Waals surface area contributed by atoms with Crippen molar-refractivity contribution < 1.29 is 13.7 Å². The summed E-state index contributed by atoms with van der Waals surface area (Å²) in [7, 11) is 0. The Labute approximate surface area is 137 Å². The van der Waals surface area contributed by atoms with E-state index in [1.165, 1.54) is 18.7 Å². The van der Waals surface area contributed by atoms with Gasteiger partial charge in [-0.05, 0) is 25.0 Å². The summed E-state index contributed by atoms with van der Waals surface area (Å²) in [6.45, 7) is 1.94. The van der Waals surface area contributed by atoms with Crippen LogP contribution >= 0.6 is 0 Å². The number of amides is 1. The number of aromatic nitrogens is 3. The Hall–Kier alpha value is -3.16. The Morgan fingerprint density at radius 3 is 2.83 bits per heavy atom. The minimum atomic E-state index is -0.400. The van der Waals surface area contributed by atoms with Crippen LogP contribution in [0.3, 0.4) is 0 Å². The van der Waals surface area contributed by atoms with Crippen molar-refractivity contribution in [2.75, 3.05) is 23.3 Å². The molecular weight excluding hydrogens is 310 g/mol. The molecule has 1 aliphatic rings. The fraction of sp³-hybridized carbons (Fsp3) is 0.250. The van der Waals surface area contributed by atoms with Gasteiger partial charge < -0.3 is 19.2 Å². The summed E-state index contributed by atoms with van der Waals surface area (Å²) in [4.78, 5) is 22.8. The molecule has 1 aliphatic heterocycles. The van der Waals surface area contributed by atoms with Gasteiger partial charge in [-0.15, -0.1) is 0 Å². The second-order valence-electron chi connectivity index (χ2n) is 5.46. The number of hydrogen-bond acceptors (Lipinski definition) is 7. The number of nitrogens with one attached hydrogen (secondary N) is 1. The minimum absolute atomic E-state index is 0.155. The lowest BCUT2D eigenvalue weighted by atomic mass is 10.3. The van der Waals surface area contributed by atoms with Gasteiger partial charge in [0.25, 0.3) is 5.91 Å². The molecule has 24 heavy (non-hydrogen) atoms. The van der Waals surface area contributed by atoms with Crippen LogP contribution in [-0.4, -0.2) is 34.1 Å². The van der Waals surface area contributed by atoms with Gasteiger partial charge in [-0.1, -0.05) is 5.16 Å². The summed E-state index contributed by atoms with van der Waals surface area (Å²) in [5.41, 5.74) is 0.155. The normalized spacial score (nSPS) is 14.1. The third kappa shape index (κ3) is 2.85. The Morgan fingerprint density at radius 2 is 2.04 bits per heavy atom. The maximum Gasteiger partial charge on any atom is 0.279 e. The lowest BCUT2D eigenvalue weighted by molar-refractivity contribution is 0.101. The Balaban J connectivity index is 1.49. The van der Waals surface area contributed by atoms with Crippen LogP contribution < -0.4 is 10.2 Å². The van der Waals surface area contributed by atoms with E-state index in [-0.39, 0.29) is 5.69 Å². The molecule has 4 heterocycles. The molecule has 0 saturated carbocycles. The van der Waals surface area contributed by atoms with Gasteiger partial charge in [0.05, 0.1) is 6.26 Å². The number of carbonyl (C=O) groups excluding carboxylic acids is 1. The topological polar surface area (TPSA) is 97.3 Å². The summed E-state index contributed by atoms with van der Waals surface area (Å²) in [6.07, 6.45) is 5.28. The van der Waals surface area contributed by atoms with Crippen LogP contribution in [0.4, 0.5) is 11.6 Å². The molecule has 0 bridgehead atoms. The van der Waals surface area contributed by atoms with Crippen LogP contribution in [0, 0.1) is 0 Å². The zero-order chi connectivity index (χ0) is 16.4. The molecule has 122 valence electrons. The number of rotatable bonds is 4.